The maximum absolute atomic E-state index is 12.5. The van der Waals surface area contributed by atoms with E-state index < -0.39 is 0 Å². The van der Waals surface area contributed by atoms with E-state index in [1.54, 1.807) is 6.20 Å². The molecule has 1 aromatic rings. The number of carbonyl (C=O) groups excluding carboxylic acids is 1. The Labute approximate surface area is 109 Å². The molecule has 0 saturated carbocycles. The van der Waals surface area contributed by atoms with Gasteiger partial charge in [0.25, 0.3) is 0 Å². The van der Waals surface area contributed by atoms with Gasteiger partial charge in [0.2, 0.25) is 0 Å². The zero-order valence-corrected chi connectivity index (χ0v) is 11.6. The van der Waals surface area contributed by atoms with Gasteiger partial charge in [-0.15, -0.1) is 0 Å². The standard InChI is InChI=1S/C14H23N3O/c1-11(2)14(7-9-15-10-14)13(18)5-4-12-6-8-16-17(12)3/h6,8,11,15H,4-5,7,9-10H2,1-3H3. The molecule has 1 aromatic heterocycles. The van der Waals surface area contributed by atoms with Crippen molar-refractivity contribution in [3.63, 3.8) is 0 Å². The van der Waals surface area contributed by atoms with E-state index in [2.05, 4.69) is 24.3 Å². The highest BCUT2D eigenvalue weighted by Gasteiger charge is 2.42. The van der Waals surface area contributed by atoms with Crippen LogP contribution in [-0.4, -0.2) is 28.7 Å². The van der Waals surface area contributed by atoms with Gasteiger partial charge in [-0.2, -0.15) is 5.10 Å². The number of rotatable bonds is 5. The number of nitrogens with one attached hydrogen (secondary N) is 1. The first-order valence-electron chi connectivity index (χ1n) is 6.77. The Hall–Kier alpha value is -1.16. The highest BCUT2D eigenvalue weighted by Crippen LogP contribution is 2.36. The second-order valence-corrected chi connectivity index (χ2v) is 5.61. The molecule has 0 spiro atoms. The number of ketones is 1. The molecule has 0 bridgehead atoms. The lowest BCUT2D eigenvalue weighted by Crippen LogP contribution is -2.38. The Morgan fingerprint density at radius 3 is 2.89 bits per heavy atom. The summed E-state index contributed by atoms with van der Waals surface area (Å²) in [6, 6.07) is 1.99. The van der Waals surface area contributed by atoms with Crippen molar-refractivity contribution in [2.45, 2.75) is 33.1 Å². The van der Waals surface area contributed by atoms with E-state index >= 15 is 0 Å². The van der Waals surface area contributed by atoms with Crippen LogP contribution in [0.1, 0.15) is 32.4 Å². The van der Waals surface area contributed by atoms with E-state index in [9.17, 15) is 4.79 Å². The summed E-state index contributed by atoms with van der Waals surface area (Å²) < 4.78 is 1.85. The molecule has 2 heterocycles. The van der Waals surface area contributed by atoms with Crippen LogP contribution in [0.5, 0.6) is 0 Å². The molecule has 2 rings (SSSR count). The smallest absolute Gasteiger partial charge is 0.141 e. The fourth-order valence-electron chi connectivity index (χ4n) is 2.90. The Bertz CT molecular complexity index is 416. The number of hydrogen-bond donors (Lipinski definition) is 1. The number of Topliss-reactive ketones (excluding diaryl/α,β-unsaturated/α-hetero) is 1. The van der Waals surface area contributed by atoms with E-state index in [4.69, 9.17) is 0 Å². The fourth-order valence-corrected chi connectivity index (χ4v) is 2.90. The Morgan fingerprint density at radius 2 is 2.39 bits per heavy atom. The summed E-state index contributed by atoms with van der Waals surface area (Å²) in [7, 11) is 1.93. The van der Waals surface area contributed by atoms with Crippen molar-refractivity contribution in [1.82, 2.24) is 15.1 Å². The molecule has 1 atom stereocenters. The molecule has 0 aliphatic carbocycles. The first kappa shape index (κ1) is 13.3. The zero-order chi connectivity index (χ0) is 13.2. The van der Waals surface area contributed by atoms with Gasteiger partial charge in [0.15, 0.2) is 0 Å². The summed E-state index contributed by atoms with van der Waals surface area (Å²) in [5.41, 5.74) is 0.992. The van der Waals surface area contributed by atoms with Crippen molar-refractivity contribution in [1.29, 1.82) is 0 Å². The maximum atomic E-state index is 12.5. The molecule has 18 heavy (non-hydrogen) atoms. The van der Waals surface area contributed by atoms with Gasteiger partial charge in [0.1, 0.15) is 5.78 Å². The van der Waals surface area contributed by atoms with Crippen LogP contribution in [0.3, 0.4) is 0 Å². The molecule has 1 N–H and O–H groups in total. The van der Waals surface area contributed by atoms with Crippen LogP contribution in [0.15, 0.2) is 12.3 Å². The molecule has 1 unspecified atom stereocenters. The average Bonchev–Trinajstić information content (AvgIpc) is 2.95. The SMILES string of the molecule is CC(C)C1(C(=O)CCc2ccnn2C)CCNC1. The number of aromatic nitrogens is 2. The van der Waals surface area contributed by atoms with Gasteiger partial charge in [0, 0.05) is 37.3 Å². The lowest BCUT2D eigenvalue weighted by molar-refractivity contribution is -0.130. The quantitative estimate of drug-likeness (QED) is 0.861. The van der Waals surface area contributed by atoms with Gasteiger partial charge in [0.05, 0.1) is 0 Å². The summed E-state index contributed by atoms with van der Waals surface area (Å²) in [5, 5.41) is 7.48. The molecule has 1 aliphatic heterocycles. The Morgan fingerprint density at radius 1 is 1.61 bits per heavy atom. The lowest BCUT2D eigenvalue weighted by Gasteiger charge is -2.31. The van der Waals surface area contributed by atoms with Gasteiger partial charge < -0.3 is 5.32 Å². The zero-order valence-electron chi connectivity index (χ0n) is 11.6. The van der Waals surface area contributed by atoms with Crippen LogP contribution >= 0.6 is 0 Å². The second-order valence-electron chi connectivity index (χ2n) is 5.61. The van der Waals surface area contributed by atoms with Crippen molar-refractivity contribution in [3.05, 3.63) is 18.0 Å². The highest BCUT2D eigenvalue weighted by molar-refractivity contribution is 5.85. The predicted octanol–water partition coefficient (Wildman–Crippen LogP) is 1.56. The third kappa shape index (κ3) is 2.34. The van der Waals surface area contributed by atoms with Gasteiger partial charge in [-0.25, -0.2) is 0 Å². The van der Waals surface area contributed by atoms with E-state index in [1.807, 2.05) is 17.8 Å². The maximum Gasteiger partial charge on any atom is 0.141 e. The van der Waals surface area contributed by atoms with Gasteiger partial charge in [-0.1, -0.05) is 13.8 Å². The van der Waals surface area contributed by atoms with Crippen molar-refractivity contribution < 1.29 is 4.79 Å². The fraction of sp³-hybridized carbons (Fsp3) is 0.714. The minimum atomic E-state index is -0.140. The number of hydrogen-bond acceptors (Lipinski definition) is 3. The molecule has 1 fully saturated rings. The topological polar surface area (TPSA) is 46.9 Å². The largest absolute Gasteiger partial charge is 0.316 e. The third-order valence-electron chi connectivity index (χ3n) is 4.38. The molecule has 0 aromatic carbocycles. The van der Waals surface area contributed by atoms with Crippen molar-refractivity contribution in [2.75, 3.05) is 13.1 Å². The summed E-state index contributed by atoms with van der Waals surface area (Å²) in [5.74, 6) is 0.815. The lowest BCUT2D eigenvalue weighted by atomic mass is 9.72. The molecular weight excluding hydrogens is 226 g/mol. The summed E-state index contributed by atoms with van der Waals surface area (Å²) in [6.45, 7) is 6.13. The van der Waals surface area contributed by atoms with Gasteiger partial charge >= 0.3 is 0 Å². The summed E-state index contributed by atoms with van der Waals surface area (Å²) in [4.78, 5) is 12.5. The Balaban J connectivity index is 2.00. The van der Waals surface area contributed by atoms with Gasteiger partial charge in [-0.05, 0) is 31.4 Å². The number of carbonyl (C=O) groups is 1. The summed E-state index contributed by atoms with van der Waals surface area (Å²) in [6.07, 6.45) is 4.19. The highest BCUT2D eigenvalue weighted by atomic mass is 16.1. The van der Waals surface area contributed by atoms with Crippen LogP contribution in [0.25, 0.3) is 0 Å². The summed E-state index contributed by atoms with van der Waals surface area (Å²) >= 11 is 0. The predicted molar refractivity (Wildman–Crippen MR) is 71.3 cm³/mol. The van der Waals surface area contributed by atoms with Crippen LogP contribution in [0.2, 0.25) is 0 Å². The van der Waals surface area contributed by atoms with E-state index in [1.165, 1.54) is 0 Å². The van der Waals surface area contributed by atoms with Crippen molar-refractivity contribution in [3.8, 4) is 0 Å². The van der Waals surface area contributed by atoms with Crippen LogP contribution < -0.4 is 5.32 Å². The number of nitrogens with zero attached hydrogens (tertiary/aromatic N) is 2. The van der Waals surface area contributed by atoms with Crippen molar-refractivity contribution in [2.24, 2.45) is 18.4 Å². The third-order valence-corrected chi connectivity index (χ3v) is 4.38. The number of aryl methyl sites for hydroxylation is 2. The minimum absolute atomic E-state index is 0.140. The van der Waals surface area contributed by atoms with E-state index in [-0.39, 0.29) is 5.41 Å². The molecule has 0 amide bonds. The average molecular weight is 249 g/mol. The molecule has 100 valence electrons. The van der Waals surface area contributed by atoms with Crippen LogP contribution in [0, 0.1) is 11.3 Å². The molecule has 1 saturated heterocycles. The van der Waals surface area contributed by atoms with Gasteiger partial charge in [-0.3, -0.25) is 9.48 Å². The van der Waals surface area contributed by atoms with E-state index in [0.717, 1.165) is 31.6 Å². The second kappa shape index (κ2) is 5.22. The van der Waals surface area contributed by atoms with Crippen LogP contribution in [0.4, 0.5) is 0 Å². The molecular formula is C14H23N3O. The van der Waals surface area contributed by atoms with E-state index in [0.29, 0.717) is 18.1 Å². The van der Waals surface area contributed by atoms with Crippen molar-refractivity contribution >= 4 is 5.78 Å². The molecule has 4 nitrogen and oxygen atoms in total. The minimum Gasteiger partial charge on any atom is -0.316 e. The molecule has 0 radical (unpaired) electrons. The molecule has 1 aliphatic rings. The first-order valence-corrected chi connectivity index (χ1v) is 6.77. The molecule has 4 heteroatoms. The first-order chi connectivity index (χ1) is 8.56. The normalized spacial score (nSPS) is 23.8. The monoisotopic (exact) mass is 249 g/mol. The Kier molecular flexibility index (Phi) is 3.85. The van der Waals surface area contributed by atoms with Crippen LogP contribution in [-0.2, 0) is 18.3 Å².